The molecule has 1 fully saturated rings. The summed E-state index contributed by atoms with van der Waals surface area (Å²) in [4.78, 5) is 16.6. The van der Waals surface area contributed by atoms with Crippen molar-refractivity contribution in [3.05, 3.63) is 64.7 Å². The molecule has 3 aliphatic rings. The molecule has 0 N–H and O–H groups in total. The van der Waals surface area contributed by atoms with Crippen molar-refractivity contribution >= 4 is 11.6 Å². The van der Waals surface area contributed by atoms with E-state index in [0.29, 0.717) is 18.4 Å². The van der Waals surface area contributed by atoms with Gasteiger partial charge in [0, 0.05) is 31.3 Å². The van der Waals surface area contributed by atoms with Crippen molar-refractivity contribution in [1.29, 1.82) is 0 Å². The highest BCUT2D eigenvalue weighted by molar-refractivity contribution is 5.79. The largest absolute Gasteiger partial charge is 0.364 e. The Kier molecular flexibility index (Phi) is 3.52. The van der Waals surface area contributed by atoms with E-state index in [1.165, 1.54) is 23.3 Å². The fourth-order valence-electron chi connectivity index (χ4n) is 4.94. The molecule has 2 aromatic carbocycles. The van der Waals surface area contributed by atoms with E-state index in [1.54, 1.807) is 0 Å². The molecule has 26 heavy (non-hydrogen) atoms. The summed E-state index contributed by atoms with van der Waals surface area (Å²) in [6.45, 7) is 1.60. The van der Waals surface area contributed by atoms with Gasteiger partial charge in [-0.15, -0.1) is 0 Å². The molecule has 5 rings (SSSR count). The highest BCUT2D eigenvalue weighted by Gasteiger charge is 2.42. The predicted octanol–water partition coefficient (Wildman–Crippen LogP) is 4.14. The normalized spacial score (nSPS) is 24.3. The van der Waals surface area contributed by atoms with E-state index in [-0.39, 0.29) is 18.0 Å². The number of para-hydroxylation sites is 1. The molecule has 0 saturated carbocycles. The minimum absolute atomic E-state index is 0.0226. The fourth-order valence-corrected chi connectivity index (χ4v) is 4.94. The summed E-state index contributed by atoms with van der Waals surface area (Å²) < 4.78 is 27.7. The Morgan fingerprint density at radius 2 is 1.73 bits per heavy atom. The number of nitrogens with zero attached hydrogens (tertiary/aromatic N) is 2. The first-order chi connectivity index (χ1) is 12.6. The van der Waals surface area contributed by atoms with E-state index < -0.39 is 11.6 Å². The smallest absolute Gasteiger partial charge is 0.223 e. The summed E-state index contributed by atoms with van der Waals surface area (Å²) in [5, 5.41) is 0. The van der Waals surface area contributed by atoms with Gasteiger partial charge in [0.15, 0.2) is 0 Å². The van der Waals surface area contributed by atoms with Gasteiger partial charge in [-0.25, -0.2) is 8.78 Å². The molecular formula is C21H20F2N2O. The molecule has 0 radical (unpaired) electrons. The van der Waals surface area contributed by atoms with E-state index in [0.717, 1.165) is 37.7 Å². The van der Waals surface area contributed by atoms with Gasteiger partial charge in [0.05, 0.1) is 12.1 Å². The molecule has 3 nitrogen and oxygen atoms in total. The molecule has 0 aromatic heterocycles. The van der Waals surface area contributed by atoms with E-state index in [2.05, 4.69) is 23.1 Å². The second-order valence-corrected chi connectivity index (χ2v) is 7.46. The zero-order valence-electron chi connectivity index (χ0n) is 14.4. The topological polar surface area (TPSA) is 23.6 Å². The van der Waals surface area contributed by atoms with Gasteiger partial charge in [-0.1, -0.05) is 18.2 Å². The van der Waals surface area contributed by atoms with E-state index in [9.17, 15) is 13.6 Å². The number of likely N-dealkylation sites (tertiary alicyclic amines) is 1. The Balaban J connectivity index is 1.64. The van der Waals surface area contributed by atoms with Gasteiger partial charge in [-0.2, -0.15) is 0 Å². The first-order valence-electron chi connectivity index (χ1n) is 9.26. The molecule has 2 atom stereocenters. The van der Waals surface area contributed by atoms with Crippen LogP contribution in [0.15, 0.2) is 36.4 Å². The number of carbonyl (C=O) groups is 1. The Labute approximate surface area is 151 Å². The number of halogens is 2. The van der Waals surface area contributed by atoms with Crippen LogP contribution in [0.4, 0.5) is 14.5 Å². The van der Waals surface area contributed by atoms with Gasteiger partial charge in [0.2, 0.25) is 5.91 Å². The Bertz CT molecular complexity index is 877. The molecule has 0 aliphatic carbocycles. The monoisotopic (exact) mass is 354 g/mol. The Morgan fingerprint density at radius 3 is 2.46 bits per heavy atom. The van der Waals surface area contributed by atoms with E-state index in [4.69, 9.17) is 0 Å². The first-order valence-corrected chi connectivity index (χ1v) is 9.26. The molecule has 2 unspecified atom stereocenters. The molecular weight excluding hydrogens is 334 g/mol. The zero-order chi connectivity index (χ0) is 17.8. The van der Waals surface area contributed by atoms with E-state index in [1.807, 2.05) is 4.90 Å². The van der Waals surface area contributed by atoms with Crippen LogP contribution in [0.1, 0.15) is 48.0 Å². The highest BCUT2D eigenvalue weighted by atomic mass is 19.1. The standard InChI is InChI=1S/C21H20F2N2O/c22-15-9-14(10-16(23)11-15)18-12-19(24-7-2-5-20(24)26)17-4-1-3-13-6-8-25(18)21(13)17/h1,3-4,9-11,18-19H,2,5-8,12H2. The molecule has 5 heteroatoms. The summed E-state index contributed by atoms with van der Waals surface area (Å²) in [6.07, 6.45) is 3.07. The summed E-state index contributed by atoms with van der Waals surface area (Å²) in [5.74, 6) is -0.914. The summed E-state index contributed by atoms with van der Waals surface area (Å²) in [7, 11) is 0. The van der Waals surface area contributed by atoms with Crippen LogP contribution in [0.3, 0.4) is 0 Å². The van der Waals surface area contributed by atoms with Crippen molar-refractivity contribution in [2.45, 2.75) is 37.8 Å². The second-order valence-electron chi connectivity index (χ2n) is 7.46. The molecule has 1 saturated heterocycles. The van der Waals surface area contributed by atoms with Crippen molar-refractivity contribution < 1.29 is 13.6 Å². The van der Waals surface area contributed by atoms with Crippen LogP contribution in [-0.2, 0) is 11.2 Å². The van der Waals surface area contributed by atoms with Crippen LogP contribution in [0.25, 0.3) is 0 Å². The van der Waals surface area contributed by atoms with Crippen molar-refractivity contribution in [2.75, 3.05) is 18.0 Å². The van der Waals surface area contributed by atoms with E-state index >= 15 is 0 Å². The maximum absolute atomic E-state index is 13.9. The lowest BCUT2D eigenvalue weighted by Crippen LogP contribution is -2.39. The summed E-state index contributed by atoms with van der Waals surface area (Å²) >= 11 is 0. The Hall–Kier alpha value is -2.43. The minimum Gasteiger partial charge on any atom is -0.364 e. The minimum atomic E-state index is -0.549. The van der Waals surface area contributed by atoms with Crippen molar-refractivity contribution in [3.63, 3.8) is 0 Å². The molecule has 0 bridgehead atoms. The number of amides is 1. The van der Waals surface area contributed by atoms with Gasteiger partial charge in [-0.3, -0.25) is 4.79 Å². The number of anilines is 1. The van der Waals surface area contributed by atoms with Crippen molar-refractivity contribution in [1.82, 2.24) is 4.90 Å². The Morgan fingerprint density at radius 1 is 0.923 bits per heavy atom. The molecule has 1 amide bonds. The maximum atomic E-state index is 13.9. The molecule has 2 aromatic rings. The molecule has 134 valence electrons. The molecule has 3 aliphatic heterocycles. The summed E-state index contributed by atoms with van der Waals surface area (Å²) in [5.41, 5.74) is 4.27. The third-order valence-electron chi connectivity index (χ3n) is 6.00. The van der Waals surface area contributed by atoms with Gasteiger partial charge >= 0.3 is 0 Å². The van der Waals surface area contributed by atoms with Crippen LogP contribution >= 0.6 is 0 Å². The number of carbonyl (C=O) groups excluding carboxylic acids is 1. The van der Waals surface area contributed by atoms with Crippen molar-refractivity contribution in [3.8, 4) is 0 Å². The lowest BCUT2D eigenvalue weighted by atomic mass is 9.86. The zero-order valence-corrected chi connectivity index (χ0v) is 14.4. The predicted molar refractivity (Wildman–Crippen MR) is 94.9 cm³/mol. The summed E-state index contributed by atoms with van der Waals surface area (Å²) in [6, 6.07) is 9.93. The quantitative estimate of drug-likeness (QED) is 0.809. The third kappa shape index (κ3) is 2.33. The van der Waals surface area contributed by atoms with Crippen LogP contribution < -0.4 is 4.90 Å². The number of hydrogen-bond donors (Lipinski definition) is 0. The van der Waals surface area contributed by atoms with Gasteiger partial charge in [-0.05, 0) is 48.1 Å². The average Bonchev–Trinajstić information content (AvgIpc) is 3.22. The molecule has 0 spiro atoms. The van der Waals surface area contributed by atoms with Gasteiger partial charge in [0.25, 0.3) is 0 Å². The molecule has 3 heterocycles. The lowest BCUT2D eigenvalue weighted by Gasteiger charge is -2.43. The van der Waals surface area contributed by atoms with Crippen LogP contribution in [0.2, 0.25) is 0 Å². The van der Waals surface area contributed by atoms with Crippen LogP contribution in [-0.4, -0.2) is 23.9 Å². The number of benzene rings is 2. The van der Waals surface area contributed by atoms with Gasteiger partial charge < -0.3 is 9.80 Å². The highest BCUT2D eigenvalue weighted by Crippen LogP contribution is 2.50. The average molecular weight is 354 g/mol. The first kappa shape index (κ1) is 15.8. The number of rotatable bonds is 2. The van der Waals surface area contributed by atoms with Crippen LogP contribution in [0.5, 0.6) is 0 Å². The fraction of sp³-hybridized carbons (Fsp3) is 0.381. The third-order valence-corrected chi connectivity index (χ3v) is 6.00. The van der Waals surface area contributed by atoms with Crippen LogP contribution in [0, 0.1) is 11.6 Å². The van der Waals surface area contributed by atoms with Crippen molar-refractivity contribution in [2.24, 2.45) is 0 Å². The van der Waals surface area contributed by atoms with Gasteiger partial charge in [0.1, 0.15) is 11.6 Å². The second kappa shape index (κ2) is 5.79. The SMILES string of the molecule is O=C1CCCN1C1CC(c2cc(F)cc(F)c2)N2CCc3cccc1c32. The number of hydrogen-bond acceptors (Lipinski definition) is 2. The lowest BCUT2D eigenvalue weighted by molar-refractivity contribution is -0.130. The maximum Gasteiger partial charge on any atom is 0.223 e.